The van der Waals surface area contributed by atoms with Gasteiger partial charge in [-0.1, -0.05) is 0 Å². The molecule has 0 aliphatic carbocycles. The lowest BCUT2D eigenvalue weighted by Crippen LogP contribution is -1.85. The first-order valence-electron chi connectivity index (χ1n) is 5.34. The minimum atomic E-state index is -0.637. The van der Waals surface area contributed by atoms with Crippen molar-refractivity contribution >= 4 is 33.1 Å². The van der Waals surface area contributed by atoms with Crippen LogP contribution in [0.15, 0.2) is 34.7 Å². The number of aromatic nitrogens is 1. The van der Waals surface area contributed by atoms with E-state index in [1.54, 1.807) is 0 Å². The fourth-order valence-corrected chi connectivity index (χ4v) is 2.63. The highest BCUT2D eigenvalue weighted by Crippen LogP contribution is 2.34. The van der Waals surface area contributed by atoms with Crippen LogP contribution < -0.4 is 0 Å². The van der Waals surface area contributed by atoms with Crippen molar-refractivity contribution < 1.29 is 14.3 Å². The maximum atomic E-state index is 10.7. The Hall–Kier alpha value is -2.81. The van der Waals surface area contributed by atoms with Crippen LogP contribution in [0.5, 0.6) is 0 Å². The van der Waals surface area contributed by atoms with Crippen molar-refractivity contribution in [3.8, 4) is 10.8 Å². The molecule has 0 amide bonds. The second-order valence-corrected chi connectivity index (χ2v) is 4.85. The lowest BCUT2D eigenvalue weighted by atomic mass is 10.3. The normalized spacial score (nSPS) is 10.8. The number of rotatable bonds is 3. The van der Waals surface area contributed by atoms with Crippen LogP contribution in [0.25, 0.3) is 21.0 Å². The molecule has 0 aliphatic heterocycles. The molecule has 0 bridgehead atoms. The molecule has 1 aromatic carbocycles. The second kappa shape index (κ2) is 4.38. The van der Waals surface area contributed by atoms with Crippen LogP contribution in [0.4, 0.5) is 11.6 Å². The van der Waals surface area contributed by atoms with E-state index in [9.17, 15) is 20.2 Å². The molecule has 8 nitrogen and oxygen atoms in total. The van der Waals surface area contributed by atoms with Gasteiger partial charge in [0.05, 0.1) is 21.2 Å². The molecular weight excluding hydrogens is 286 g/mol. The van der Waals surface area contributed by atoms with E-state index in [0.717, 1.165) is 0 Å². The molecule has 0 radical (unpaired) electrons. The van der Waals surface area contributed by atoms with Gasteiger partial charge >= 0.3 is 5.88 Å². The number of hydrogen-bond acceptors (Lipinski definition) is 7. The molecule has 2 aromatic heterocycles. The molecule has 0 fully saturated rings. The molecule has 3 rings (SSSR count). The highest BCUT2D eigenvalue weighted by Gasteiger charge is 2.17. The van der Waals surface area contributed by atoms with Crippen molar-refractivity contribution in [2.75, 3.05) is 0 Å². The Balaban J connectivity index is 2.07. The number of benzene rings is 1. The smallest absolute Gasteiger partial charge is 0.398 e. The van der Waals surface area contributed by atoms with E-state index in [2.05, 4.69) is 4.98 Å². The van der Waals surface area contributed by atoms with Crippen LogP contribution in [-0.4, -0.2) is 14.8 Å². The summed E-state index contributed by atoms with van der Waals surface area (Å²) in [6, 6.07) is 6.99. The Kier molecular flexibility index (Phi) is 2.68. The van der Waals surface area contributed by atoms with Crippen LogP contribution in [-0.2, 0) is 0 Å². The average Bonchev–Trinajstić information content (AvgIpc) is 3.04. The van der Waals surface area contributed by atoms with Gasteiger partial charge in [0.25, 0.3) is 5.69 Å². The van der Waals surface area contributed by atoms with E-state index in [0.29, 0.717) is 15.2 Å². The van der Waals surface area contributed by atoms with Crippen molar-refractivity contribution in [2.24, 2.45) is 0 Å². The Morgan fingerprint density at radius 2 is 1.90 bits per heavy atom. The Labute approximate surface area is 114 Å². The van der Waals surface area contributed by atoms with Crippen molar-refractivity contribution in [3.63, 3.8) is 0 Å². The maximum Gasteiger partial charge on any atom is 0.433 e. The minimum absolute atomic E-state index is 0.0295. The summed E-state index contributed by atoms with van der Waals surface area (Å²) < 4.78 is 5.67. The number of furan rings is 1. The molecule has 0 aliphatic rings. The van der Waals surface area contributed by atoms with E-state index >= 15 is 0 Å². The van der Waals surface area contributed by atoms with Crippen molar-refractivity contribution in [2.45, 2.75) is 0 Å². The summed E-state index contributed by atoms with van der Waals surface area (Å²) in [4.78, 5) is 24.4. The quantitative estimate of drug-likeness (QED) is 0.540. The molecule has 20 heavy (non-hydrogen) atoms. The monoisotopic (exact) mass is 291 g/mol. The highest BCUT2D eigenvalue weighted by molar-refractivity contribution is 7.21. The van der Waals surface area contributed by atoms with E-state index in [-0.39, 0.29) is 17.3 Å². The molecular formula is C11H5N3O5S. The second-order valence-electron chi connectivity index (χ2n) is 3.82. The van der Waals surface area contributed by atoms with Crippen LogP contribution in [0.2, 0.25) is 0 Å². The van der Waals surface area contributed by atoms with Gasteiger partial charge < -0.3 is 4.42 Å². The molecule has 9 heteroatoms. The zero-order chi connectivity index (χ0) is 14.3. The summed E-state index contributed by atoms with van der Waals surface area (Å²) in [5, 5.41) is 21.7. The summed E-state index contributed by atoms with van der Waals surface area (Å²) in [6.07, 6.45) is 0. The molecule has 0 saturated heterocycles. The Morgan fingerprint density at radius 1 is 1.10 bits per heavy atom. The zero-order valence-electron chi connectivity index (χ0n) is 9.68. The molecule has 100 valence electrons. The van der Waals surface area contributed by atoms with Crippen molar-refractivity contribution in [1.82, 2.24) is 4.98 Å². The SMILES string of the molecule is O=[N+]([O-])c1ccc2nc(-c3ccc([N+](=O)[O-])o3)sc2c1. The van der Waals surface area contributed by atoms with Crippen molar-refractivity contribution in [3.05, 3.63) is 50.6 Å². The highest BCUT2D eigenvalue weighted by atomic mass is 32.1. The summed E-state index contributed by atoms with van der Waals surface area (Å²) in [5.41, 5.74) is 0.549. The number of nitrogens with zero attached hydrogens (tertiary/aromatic N) is 3. The average molecular weight is 291 g/mol. The van der Waals surface area contributed by atoms with Crippen LogP contribution in [0.1, 0.15) is 0 Å². The van der Waals surface area contributed by atoms with Gasteiger partial charge in [0.15, 0.2) is 10.8 Å². The summed E-state index contributed by atoms with van der Waals surface area (Å²) >= 11 is 1.18. The largest absolute Gasteiger partial charge is 0.433 e. The van der Waals surface area contributed by atoms with Crippen molar-refractivity contribution in [1.29, 1.82) is 0 Å². The van der Waals surface area contributed by atoms with Gasteiger partial charge in [-0.2, -0.15) is 0 Å². The summed E-state index contributed by atoms with van der Waals surface area (Å²) in [5.74, 6) is -0.106. The fourth-order valence-electron chi connectivity index (χ4n) is 1.67. The molecule has 0 saturated carbocycles. The van der Waals surface area contributed by atoms with Gasteiger partial charge in [-0.3, -0.25) is 20.2 Å². The predicted octanol–water partition coefficient (Wildman–Crippen LogP) is 3.37. The third kappa shape index (κ3) is 1.99. The molecule has 0 spiro atoms. The van der Waals surface area contributed by atoms with E-state index in [1.165, 1.54) is 41.7 Å². The number of fused-ring (bicyclic) bond motifs is 1. The Bertz CT molecular complexity index is 838. The van der Waals surface area contributed by atoms with Gasteiger partial charge in [-0.25, -0.2) is 4.98 Å². The first-order chi connectivity index (χ1) is 9.54. The van der Waals surface area contributed by atoms with Gasteiger partial charge in [-0.15, -0.1) is 11.3 Å². The third-order valence-corrected chi connectivity index (χ3v) is 3.60. The topological polar surface area (TPSA) is 112 Å². The van der Waals surface area contributed by atoms with E-state index < -0.39 is 9.85 Å². The zero-order valence-corrected chi connectivity index (χ0v) is 10.5. The standard InChI is InChI=1S/C11H5N3O5S/c15-13(16)6-1-2-7-9(5-6)20-11(12-7)8-3-4-10(19-8)14(17)18/h1-5H. The number of thiazole rings is 1. The third-order valence-electron chi connectivity index (χ3n) is 2.57. The predicted molar refractivity (Wildman–Crippen MR) is 70.6 cm³/mol. The minimum Gasteiger partial charge on any atom is -0.398 e. The lowest BCUT2D eigenvalue weighted by Gasteiger charge is -1.88. The number of nitro groups is 2. The molecule has 3 aromatic rings. The lowest BCUT2D eigenvalue weighted by molar-refractivity contribution is -0.401. The van der Waals surface area contributed by atoms with Crippen LogP contribution >= 0.6 is 11.3 Å². The molecule has 0 atom stereocenters. The van der Waals surface area contributed by atoms with Crippen LogP contribution in [0, 0.1) is 20.2 Å². The summed E-state index contributed by atoms with van der Waals surface area (Å²) in [7, 11) is 0. The molecule has 2 heterocycles. The Morgan fingerprint density at radius 3 is 2.55 bits per heavy atom. The number of hydrogen-bond donors (Lipinski definition) is 0. The fraction of sp³-hybridized carbons (Fsp3) is 0. The molecule has 0 unspecified atom stereocenters. The van der Waals surface area contributed by atoms with Crippen LogP contribution in [0.3, 0.4) is 0 Å². The number of non-ortho nitro benzene ring substituents is 1. The molecule has 0 N–H and O–H groups in total. The van der Waals surface area contributed by atoms with Gasteiger partial charge in [0, 0.05) is 12.1 Å². The number of nitro benzene ring substituents is 1. The van der Waals surface area contributed by atoms with Gasteiger partial charge in [0.2, 0.25) is 0 Å². The van der Waals surface area contributed by atoms with Gasteiger partial charge in [0.1, 0.15) is 4.92 Å². The first-order valence-corrected chi connectivity index (χ1v) is 6.16. The maximum absolute atomic E-state index is 10.7. The van der Waals surface area contributed by atoms with E-state index in [1.807, 2.05) is 0 Å². The summed E-state index contributed by atoms with van der Waals surface area (Å²) in [6.45, 7) is 0. The van der Waals surface area contributed by atoms with Gasteiger partial charge in [-0.05, 0) is 12.1 Å². The van der Waals surface area contributed by atoms with E-state index in [4.69, 9.17) is 4.42 Å². The first kappa shape index (κ1) is 12.2.